The maximum Gasteiger partial charge on any atom is 0.123 e. The summed E-state index contributed by atoms with van der Waals surface area (Å²) in [5.74, 6) is -0.00699. The Morgan fingerprint density at radius 3 is 2.57 bits per heavy atom. The molecular formula is C28H29ClFN7. The first-order valence-corrected chi connectivity index (χ1v) is 12.8. The average molecular weight is 518 g/mol. The molecule has 1 aliphatic carbocycles. The Morgan fingerprint density at radius 1 is 1.19 bits per heavy atom. The second-order valence-corrected chi connectivity index (χ2v) is 10.9. The van der Waals surface area contributed by atoms with Gasteiger partial charge in [0.15, 0.2) is 0 Å². The highest BCUT2D eigenvalue weighted by atomic mass is 35.5. The molecule has 190 valence electrons. The molecule has 1 aliphatic rings. The predicted molar refractivity (Wildman–Crippen MR) is 144 cm³/mol. The van der Waals surface area contributed by atoms with Gasteiger partial charge in [0.05, 0.1) is 40.1 Å². The quantitative estimate of drug-likeness (QED) is 0.265. The van der Waals surface area contributed by atoms with Gasteiger partial charge in [-0.2, -0.15) is 5.26 Å². The van der Waals surface area contributed by atoms with Crippen LogP contribution in [-0.4, -0.2) is 25.5 Å². The number of nitriles is 1. The van der Waals surface area contributed by atoms with Gasteiger partial charge in [-0.05, 0) is 62.4 Å². The average Bonchev–Trinajstić information content (AvgIpc) is 3.60. The second-order valence-electron chi connectivity index (χ2n) is 10.5. The summed E-state index contributed by atoms with van der Waals surface area (Å²) in [6.07, 6.45) is 5.68. The van der Waals surface area contributed by atoms with Gasteiger partial charge >= 0.3 is 0 Å². The topological polar surface area (TPSA) is 91.5 Å². The lowest BCUT2D eigenvalue weighted by Crippen LogP contribution is -2.37. The van der Waals surface area contributed by atoms with Crippen molar-refractivity contribution in [3.63, 3.8) is 0 Å². The first kappa shape index (κ1) is 25.0. The Bertz CT molecular complexity index is 1480. The van der Waals surface area contributed by atoms with Crippen molar-refractivity contribution in [3.8, 4) is 6.07 Å². The third-order valence-electron chi connectivity index (χ3n) is 7.19. The Morgan fingerprint density at radius 2 is 1.92 bits per heavy atom. The van der Waals surface area contributed by atoms with E-state index in [1.165, 1.54) is 12.1 Å². The summed E-state index contributed by atoms with van der Waals surface area (Å²) in [4.78, 5) is 4.47. The van der Waals surface area contributed by atoms with Gasteiger partial charge < -0.3 is 10.6 Å². The molecule has 1 fully saturated rings. The zero-order valence-corrected chi connectivity index (χ0v) is 22.0. The number of nitrogens with zero attached hydrogens (tertiary/aromatic N) is 5. The molecule has 1 atom stereocenters. The molecule has 0 spiro atoms. The van der Waals surface area contributed by atoms with E-state index in [4.69, 9.17) is 11.6 Å². The summed E-state index contributed by atoms with van der Waals surface area (Å²) in [5.41, 5.74) is 3.72. The van der Waals surface area contributed by atoms with Crippen molar-refractivity contribution >= 4 is 33.9 Å². The van der Waals surface area contributed by atoms with Crippen LogP contribution >= 0.6 is 11.6 Å². The van der Waals surface area contributed by atoms with Crippen LogP contribution in [0.1, 0.15) is 69.4 Å². The van der Waals surface area contributed by atoms with E-state index in [0.29, 0.717) is 33.7 Å². The smallest absolute Gasteiger partial charge is 0.123 e. The molecule has 2 aromatic carbocycles. The number of nitrogens with one attached hydrogen (secondary N) is 2. The maximum absolute atomic E-state index is 13.7. The van der Waals surface area contributed by atoms with Gasteiger partial charge in [-0.15, -0.1) is 5.10 Å². The van der Waals surface area contributed by atoms with Gasteiger partial charge in [-0.3, -0.25) is 4.98 Å². The molecule has 2 N–H and O–H groups in total. The van der Waals surface area contributed by atoms with E-state index >= 15 is 0 Å². The predicted octanol–water partition coefficient (Wildman–Crippen LogP) is 6.87. The molecule has 0 radical (unpaired) electrons. The highest BCUT2D eigenvalue weighted by Crippen LogP contribution is 2.38. The molecule has 1 saturated carbocycles. The van der Waals surface area contributed by atoms with E-state index in [1.54, 1.807) is 18.3 Å². The molecule has 9 heteroatoms. The van der Waals surface area contributed by atoms with E-state index in [2.05, 4.69) is 59.7 Å². The van der Waals surface area contributed by atoms with Crippen LogP contribution < -0.4 is 10.6 Å². The summed E-state index contributed by atoms with van der Waals surface area (Å²) in [6.45, 7) is 8.46. The summed E-state index contributed by atoms with van der Waals surface area (Å²) < 4.78 is 15.6. The van der Waals surface area contributed by atoms with Gasteiger partial charge in [-0.25, -0.2) is 9.07 Å². The van der Waals surface area contributed by atoms with Gasteiger partial charge in [0, 0.05) is 22.8 Å². The fraction of sp³-hybridized carbons (Fsp3) is 0.357. The standard InChI is InChI=1S/C28H29ClFN7/c1-16(2)28(3,4)34-25-18(13-31)14-32-27-22(25)11-20(12-23(27)29)33-26(17-5-7-19(30)8-6-17)24-15-37(36-35-24)21-9-10-21/h5-8,11-12,14-16,21,26,33H,9-10H2,1-4H3,(H,32,34). The van der Waals surface area contributed by atoms with E-state index in [1.807, 2.05) is 23.0 Å². The largest absolute Gasteiger partial charge is 0.378 e. The molecule has 2 heterocycles. The zero-order chi connectivity index (χ0) is 26.3. The second kappa shape index (κ2) is 9.64. The van der Waals surface area contributed by atoms with E-state index in [0.717, 1.165) is 35.2 Å². The van der Waals surface area contributed by atoms with Crippen LogP contribution in [0, 0.1) is 23.1 Å². The van der Waals surface area contributed by atoms with Gasteiger partial charge in [-0.1, -0.05) is 42.8 Å². The monoisotopic (exact) mass is 517 g/mol. The Hall–Kier alpha value is -3.70. The molecule has 4 aromatic rings. The minimum Gasteiger partial charge on any atom is -0.378 e. The van der Waals surface area contributed by atoms with Crippen LogP contribution in [0.4, 0.5) is 15.8 Å². The fourth-order valence-corrected chi connectivity index (χ4v) is 4.39. The number of pyridine rings is 1. The molecule has 0 saturated heterocycles. The van der Waals surface area contributed by atoms with Crippen molar-refractivity contribution in [2.45, 2.75) is 58.2 Å². The first-order chi connectivity index (χ1) is 17.7. The Labute approximate surface area is 220 Å². The van der Waals surface area contributed by atoms with Crippen molar-refractivity contribution in [2.75, 3.05) is 10.6 Å². The molecule has 5 rings (SSSR count). The van der Waals surface area contributed by atoms with Crippen LogP contribution in [0.15, 0.2) is 48.8 Å². The third kappa shape index (κ3) is 5.09. The SMILES string of the molecule is CC(C)C(C)(C)Nc1c(C#N)cnc2c(Cl)cc(NC(c3ccc(F)cc3)c3cn(C4CC4)nn3)cc12. The fourth-order valence-electron chi connectivity index (χ4n) is 4.12. The lowest BCUT2D eigenvalue weighted by molar-refractivity contribution is 0.408. The Balaban J connectivity index is 1.60. The van der Waals surface area contributed by atoms with E-state index in [-0.39, 0.29) is 11.4 Å². The summed E-state index contributed by atoms with van der Waals surface area (Å²) in [5, 5.41) is 26.9. The molecule has 7 nitrogen and oxygen atoms in total. The number of halogens is 2. The van der Waals surface area contributed by atoms with Gasteiger partial charge in [0.2, 0.25) is 0 Å². The number of benzene rings is 2. The molecular weight excluding hydrogens is 489 g/mol. The van der Waals surface area contributed by atoms with Crippen molar-refractivity contribution in [3.05, 3.63) is 76.5 Å². The number of hydrogen-bond donors (Lipinski definition) is 2. The summed E-state index contributed by atoms with van der Waals surface area (Å²) >= 11 is 6.72. The molecule has 37 heavy (non-hydrogen) atoms. The van der Waals surface area contributed by atoms with Crippen molar-refractivity contribution in [1.29, 1.82) is 5.26 Å². The van der Waals surface area contributed by atoms with E-state index < -0.39 is 6.04 Å². The van der Waals surface area contributed by atoms with Crippen molar-refractivity contribution in [2.24, 2.45) is 5.92 Å². The summed E-state index contributed by atoms with van der Waals surface area (Å²) in [6, 6.07) is 12.3. The number of rotatable bonds is 8. The minimum absolute atomic E-state index is 0.284. The van der Waals surface area contributed by atoms with Crippen LogP contribution in [0.25, 0.3) is 10.9 Å². The number of fused-ring (bicyclic) bond motifs is 1. The highest BCUT2D eigenvalue weighted by Gasteiger charge is 2.28. The van der Waals surface area contributed by atoms with Gasteiger partial charge in [0.1, 0.15) is 17.6 Å². The van der Waals surface area contributed by atoms with E-state index in [9.17, 15) is 9.65 Å². The molecule has 1 unspecified atom stereocenters. The maximum atomic E-state index is 13.7. The van der Waals surface area contributed by atoms with Crippen LogP contribution in [0.3, 0.4) is 0 Å². The number of aromatic nitrogens is 4. The third-order valence-corrected chi connectivity index (χ3v) is 7.48. The van der Waals surface area contributed by atoms with Crippen molar-refractivity contribution in [1.82, 2.24) is 20.0 Å². The number of hydrogen-bond acceptors (Lipinski definition) is 6. The zero-order valence-electron chi connectivity index (χ0n) is 21.3. The van der Waals surface area contributed by atoms with Crippen LogP contribution in [0.2, 0.25) is 5.02 Å². The molecule has 0 aliphatic heterocycles. The highest BCUT2D eigenvalue weighted by molar-refractivity contribution is 6.35. The lowest BCUT2D eigenvalue weighted by Gasteiger charge is -2.32. The van der Waals surface area contributed by atoms with Crippen molar-refractivity contribution < 1.29 is 4.39 Å². The minimum atomic E-state index is -0.391. The normalized spacial score (nSPS) is 14.5. The van der Waals surface area contributed by atoms with Crippen LogP contribution in [0.5, 0.6) is 0 Å². The lowest BCUT2D eigenvalue weighted by atomic mass is 9.90. The van der Waals surface area contributed by atoms with Gasteiger partial charge in [0.25, 0.3) is 0 Å². The number of anilines is 2. The first-order valence-electron chi connectivity index (χ1n) is 12.4. The Kier molecular flexibility index (Phi) is 6.50. The molecule has 2 aromatic heterocycles. The summed E-state index contributed by atoms with van der Waals surface area (Å²) in [7, 11) is 0. The van der Waals surface area contributed by atoms with Crippen LogP contribution in [-0.2, 0) is 0 Å². The molecule has 0 bridgehead atoms. The molecule has 0 amide bonds.